The number of hydrogen-bond donors (Lipinski definition) is 1. The van der Waals surface area contributed by atoms with Crippen molar-refractivity contribution in [3.63, 3.8) is 0 Å². The first kappa shape index (κ1) is 13.3. The third kappa shape index (κ3) is 3.95. The molecule has 1 aliphatic rings. The number of nitrogens with one attached hydrogen (secondary N) is 1. The van der Waals surface area contributed by atoms with E-state index in [0.717, 1.165) is 18.2 Å². The fourth-order valence-electron chi connectivity index (χ4n) is 2.49. The molecule has 0 amide bonds. The maximum atomic E-state index is 5.00. The molecule has 0 saturated heterocycles. The molecule has 0 spiro atoms. The normalized spacial score (nSPS) is 24.6. The van der Waals surface area contributed by atoms with Crippen molar-refractivity contribution in [1.29, 1.82) is 0 Å². The van der Waals surface area contributed by atoms with Crippen molar-refractivity contribution < 1.29 is 4.74 Å². The fraction of sp³-hybridized carbons (Fsp3) is 0.714. The molecular formula is C14H23N3O. The van der Waals surface area contributed by atoms with Crippen LogP contribution in [0.5, 0.6) is 5.88 Å². The molecular weight excluding hydrogens is 226 g/mol. The van der Waals surface area contributed by atoms with Crippen LogP contribution in [0.2, 0.25) is 0 Å². The summed E-state index contributed by atoms with van der Waals surface area (Å²) in [7, 11) is 1.61. The Hall–Kier alpha value is -1.16. The lowest BCUT2D eigenvalue weighted by Crippen LogP contribution is -2.28. The van der Waals surface area contributed by atoms with Gasteiger partial charge in [-0.25, -0.2) is 0 Å². The van der Waals surface area contributed by atoms with Gasteiger partial charge in [-0.15, -0.1) is 5.10 Å². The molecule has 2 rings (SSSR count). The third-order valence-corrected chi connectivity index (χ3v) is 3.73. The molecule has 1 saturated carbocycles. The molecule has 4 nitrogen and oxygen atoms in total. The molecule has 2 unspecified atom stereocenters. The lowest BCUT2D eigenvalue weighted by molar-refractivity contribution is 0.389. The van der Waals surface area contributed by atoms with Crippen LogP contribution in [-0.2, 0) is 6.54 Å². The predicted octanol–water partition coefficient (Wildman–Crippen LogP) is 2.54. The van der Waals surface area contributed by atoms with E-state index < -0.39 is 0 Å². The number of ether oxygens (including phenoxy) is 1. The van der Waals surface area contributed by atoms with Crippen LogP contribution in [0.3, 0.4) is 0 Å². The Labute approximate surface area is 109 Å². The minimum absolute atomic E-state index is 0.571. The predicted molar refractivity (Wildman–Crippen MR) is 71.5 cm³/mol. The summed E-state index contributed by atoms with van der Waals surface area (Å²) in [5.74, 6) is 1.46. The molecule has 1 heterocycles. The highest BCUT2D eigenvalue weighted by atomic mass is 16.5. The Kier molecular flexibility index (Phi) is 4.93. The van der Waals surface area contributed by atoms with Crippen molar-refractivity contribution in [2.45, 2.75) is 51.6 Å². The van der Waals surface area contributed by atoms with Gasteiger partial charge >= 0.3 is 0 Å². The lowest BCUT2D eigenvalue weighted by atomic mass is 10.0. The van der Waals surface area contributed by atoms with Crippen molar-refractivity contribution in [2.24, 2.45) is 5.92 Å². The molecule has 1 aromatic heterocycles. The molecule has 18 heavy (non-hydrogen) atoms. The topological polar surface area (TPSA) is 47.0 Å². The molecule has 0 bridgehead atoms. The molecule has 1 N–H and O–H groups in total. The van der Waals surface area contributed by atoms with E-state index in [9.17, 15) is 0 Å². The summed E-state index contributed by atoms with van der Waals surface area (Å²) in [6, 6.07) is 4.47. The average Bonchev–Trinajstić information content (AvgIpc) is 2.62. The van der Waals surface area contributed by atoms with Gasteiger partial charge in [0.25, 0.3) is 0 Å². The van der Waals surface area contributed by atoms with Crippen LogP contribution in [0.15, 0.2) is 12.1 Å². The highest BCUT2D eigenvalue weighted by Crippen LogP contribution is 2.22. The van der Waals surface area contributed by atoms with E-state index in [2.05, 4.69) is 22.4 Å². The largest absolute Gasteiger partial charge is 0.480 e. The molecule has 0 aromatic carbocycles. The van der Waals surface area contributed by atoms with Gasteiger partial charge in [0.15, 0.2) is 0 Å². The SMILES string of the molecule is COc1ccc(CNC2CCCC(C)CC2)nn1. The molecule has 100 valence electrons. The van der Waals surface area contributed by atoms with E-state index >= 15 is 0 Å². The Morgan fingerprint density at radius 3 is 2.83 bits per heavy atom. The van der Waals surface area contributed by atoms with Crippen LogP contribution in [0.25, 0.3) is 0 Å². The molecule has 1 fully saturated rings. The van der Waals surface area contributed by atoms with Gasteiger partial charge < -0.3 is 10.1 Å². The van der Waals surface area contributed by atoms with Gasteiger partial charge in [-0.05, 0) is 31.2 Å². The Morgan fingerprint density at radius 1 is 1.22 bits per heavy atom. The van der Waals surface area contributed by atoms with E-state index in [1.807, 2.05) is 12.1 Å². The summed E-state index contributed by atoms with van der Waals surface area (Å²) >= 11 is 0. The zero-order valence-electron chi connectivity index (χ0n) is 11.4. The van der Waals surface area contributed by atoms with Gasteiger partial charge in [0.1, 0.15) is 0 Å². The zero-order chi connectivity index (χ0) is 12.8. The van der Waals surface area contributed by atoms with E-state index in [4.69, 9.17) is 4.74 Å². The van der Waals surface area contributed by atoms with E-state index in [1.165, 1.54) is 32.1 Å². The lowest BCUT2D eigenvalue weighted by Gasteiger charge is -2.15. The molecule has 1 aromatic rings. The van der Waals surface area contributed by atoms with Crippen LogP contribution in [0, 0.1) is 5.92 Å². The Bertz CT molecular complexity index is 353. The van der Waals surface area contributed by atoms with Gasteiger partial charge in [-0.3, -0.25) is 0 Å². The summed E-state index contributed by atoms with van der Waals surface area (Å²) in [4.78, 5) is 0. The third-order valence-electron chi connectivity index (χ3n) is 3.73. The van der Waals surface area contributed by atoms with Crippen LogP contribution in [0.4, 0.5) is 0 Å². The van der Waals surface area contributed by atoms with E-state index in [0.29, 0.717) is 11.9 Å². The number of nitrogens with zero attached hydrogens (tertiary/aromatic N) is 2. The standard InChI is InChI=1S/C14H23N3O/c1-11-4-3-5-12(7-6-11)15-10-13-8-9-14(18-2)17-16-13/h8-9,11-12,15H,3-7,10H2,1-2H3. The van der Waals surface area contributed by atoms with Crippen molar-refractivity contribution in [2.75, 3.05) is 7.11 Å². The van der Waals surface area contributed by atoms with Crippen LogP contribution >= 0.6 is 0 Å². The van der Waals surface area contributed by atoms with Crippen molar-refractivity contribution >= 4 is 0 Å². The Balaban J connectivity index is 1.79. The van der Waals surface area contributed by atoms with Crippen LogP contribution in [-0.4, -0.2) is 23.3 Å². The zero-order valence-corrected chi connectivity index (χ0v) is 11.4. The van der Waals surface area contributed by atoms with Gasteiger partial charge in [0.05, 0.1) is 12.8 Å². The smallest absolute Gasteiger partial charge is 0.233 e. The summed E-state index contributed by atoms with van der Waals surface area (Å²) in [6.07, 6.45) is 6.62. The van der Waals surface area contributed by atoms with E-state index in [-0.39, 0.29) is 0 Å². The monoisotopic (exact) mass is 249 g/mol. The van der Waals surface area contributed by atoms with Gasteiger partial charge in [-0.1, -0.05) is 19.8 Å². The van der Waals surface area contributed by atoms with Crippen LogP contribution < -0.4 is 10.1 Å². The quantitative estimate of drug-likeness (QED) is 0.833. The Morgan fingerprint density at radius 2 is 2.11 bits per heavy atom. The molecule has 4 heteroatoms. The highest BCUT2D eigenvalue weighted by molar-refractivity contribution is 5.11. The van der Waals surface area contributed by atoms with Crippen molar-refractivity contribution in [3.05, 3.63) is 17.8 Å². The number of hydrogen-bond acceptors (Lipinski definition) is 4. The second kappa shape index (κ2) is 6.69. The fourth-order valence-corrected chi connectivity index (χ4v) is 2.49. The summed E-state index contributed by atoms with van der Waals surface area (Å²) in [6.45, 7) is 3.16. The average molecular weight is 249 g/mol. The first-order valence-electron chi connectivity index (χ1n) is 6.88. The number of rotatable bonds is 4. The van der Waals surface area contributed by atoms with Crippen LogP contribution in [0.1, 0.15) is 44.7 Å². The first-order chi connectivity index (χ1) is 8.78. The van der Waals surface area contributed by atoms with Crippen molar-refractivity contribution in [1.82, 2.24) is 15.5 Å². The van der Waals surface area contributed by atoms with Crippen molar-refractivity contribution in [3.8, 4) is 5.88 Å². The second-order valence-corrected chi connectivity index (χ2v) is 5.26. The molecule has 0 aliphatic heterocycles. The van der Waals surface area contributed by atoms with E-state index in [1.54, 1.807) is 7.11 Å². The maximum absolute atomic E-state index is 5.00. The first-order valence-corrected chi connectivity index (χ1v) is 6.88. The summed E-state index contributed by atoms with van der Waals surface area (Å²) < 4.78 is 5.00. The number of aromatic nitrogens is 2. The molecule has 2 atom stereocenters. The van der Waals surface area contributed by atoms with Gasteiger partial charge in [0.2, 0.25) is 5.88 Å². The second-order valence-electron chi connectivity index (χ2n) is 5.26. The molecule has 1 aliphatic carbocycles. The van der Waals surface area contributed by atoms with Gasteiger partial charge in [-0.2, -0.15) is 5.10 Å². The number of methoxy groups -OCH3 is 1. The minimum Gasteiger partial charge on any atom is -0.480 e. The maximum Gasteiger partial charge on any atom is 0.233 e. The summed E-state index contributed by atoms with van der Waals surface area (Å²) in [5.41, 5.74) is 0.980. The highest BCUT2D eigenvalue weighted by Gasteiger charge is 2.15. The summed E-state index contributed by atoms with van der Waals surface area (Å²) in [5, 5.41) is 11.7. The minimum atomic E-state index is 0.571. The van der Waals surface area contributed by atoms with Gasteiger partial charge in [0, 0.05) is 18.7 Å². The molecule has 0 radical (unpaired) electrons.